The third-order valence-corrected chi connectivity index (χ3v) is 2.14. The smallest absolute Gasteiger partial charge is 0.331 e. The van der Waals surface area contributed by atoms with E-state index in [1.54, 1.807) is 6.92 Å². The lowest BCUT2D eigenvalue weighted by molar-refractivity contribution is -0.156. The Morgan fingerprint density at radius 1 is 1.40 bits per heavy atom. The fourth-order valence-corrected chi connectivity index (χ4v) is 1.48. The maximum atomic E-state index is 12.1. The number of rotatable bonds is 6. The van der Waals surface area contributed by atoms with Gasteiger partial charge in [-0.25, -0.2) is 4.79 Å². The first-order valence-electron chi connectivity index (χ1n) is 6.75. The minimum Gasteiger partial charge on any atom is -0.597 e. The van der Waals surface area contributed by atoms with E-state index in [1.807, 2.05) is 34.6 Å². The van der Waals surface area contributed by atoms with Gasteiger partial charge in [0.05, 0.1) is 11.8 Å². The van der Waals surface area contributed by atoms with Gasteiger partial charge in [0.1, 0.15) is 11.6 Å². The first-order chi connectivity index (χ1) is 9.01. The number of aliphatic imine (C=N–C) groups is 1. The molecule has 3 N–H and O–H groups in total. The minimum atomic E-state index is -0.603. The van der Waals surface area contributed by atoms with Crippen LogP contribution in [0, 0.1) is 11.3 Å². The third kappa shape index (κ3) is 9.30. The van der Waals surface area contributed by atoms with Crippen LogP contribution in [0.2, 0.25) is 0 Å². The van der Waals surface area contributed by atoms with Gasteiger partial charge < -0.3 is 9.84 Å². The molecule has 5 nitrogen and oxygen atoms in total. The highest BCUT2D eigenvalue weighted by molar-refractivity contribution is 6.34. The van der Waals surface area contributed by atoms with E-state index in [9.17, 15) is 4.79 Å². The molecule has 5 heteroatoms. The second-order valence-corrected chi connectivity index (χ2v) is 6.24. The zero-order chi connectivity index (χ0) is 15.9. The van der Waals surface area contributed by atoms with Gasteiger partial charge in [-0.15, -0.1) is 0 Å². The molecule has 0 heterocycles. The van der Waals surface area contributed by atoms with E-state index in [1.165, 1.54) is 12.3 Å². The van der Waals surface area contributed by atoms with Crippen LogP contribution in [-0.2, 0) is 9.53 Å². The van der Waals surface area contributed by atoms with Crippen molar-refractivity contribution in [1.82, 2.24) is 0 Å². The fourth-order valence-electron chi connectivity index (χ4n) is 1.48. The Bertz CT molecular complexity index is 400. The number of nitrogens with zero attached hydrogens (tertiary/aromatic N) is 1. The molecule has 114 valence electrons. The molecule has 1 atom stereocenters. The van der Waals surface area contributed by atoms with Crippen molar-refractivity contribution in [2.45, 2.75) is 59.6 Å². The molecule has 0 saturated carbocycles. The molecule has 0 rings (SSSR count). The van der Waals surface area contributed by atoms with Gasteiger partial charge in [-0.1, -0.05) is 13.8 Å². The average molecular weight is 283 g/mol. The number of carbonyl (C=O) groups excluding carboxylic acids is 1. The number of carbonyl (C=O) groups is 1. The lowest BCUT2D eigenvalue weighted by atomic mass is 10.0. The van der Waals surface area contributed by atoms with E-state index < -0.39 is 11.6 Å². The van der Waals surface area contributed by atoms with Gasteiger partial charge >= 0.3 is 5.97 Å². The average Bonchev–Trinajstić information content (AvgIpc) is 2.19. The summed E-state index contributed by atoms with van der Waals surface area (Å²) in [4.78, 5) is 16.2. The molecular formula is C15H27N2O3+. The van der Waals surface area contributed by atoms with E-state index in [0.717, 1.165) is 0 Å². The normalized spacial score (nSPS) is 14.7. The summed E-state index contributed by atoms with van der Waals surface area (Å²) in [6.45, 7) is 11.0. The van der Waals surface area contributed by atoms with Crippen LogP contribution >= 0.6 is 0 Å². The van der Waals surface area contributed by atoms with Crippen LogP contribution in [0.3, 0.4) is 0 Å². The molecule has 0 amide bonds. The molecule has 0 aromatic rings. The van der Waals surface area contributed by atoms with Crippen LogP contribution in [0.4, 0.5) is 0 Å². The Kier molecular flexibility index (Phi) is 7.18. The highest BCUT2D eigenvalue weighted by Crippen LogP contribution is 2.15. The molecule has 0 spiro atoms. The van der Waals surface area contributed by atoms with E-state index in [4.69, 9.17) is 15.3 Å². The maximum Gasteiger partial charge on any atom is 0.331 e. The van der Waals surface area contributed by atoms with Crippen LogP contribution in [-0.4, -0.2) is 34.6 Å². The van der Waals surface area contributed by atoms with Crippen molar-refractivity contribution in [3.05, 3.63) is 11.8 Å². The standard InChI is InChI=1S/C15H26N2O3/c1-10(2)7-13(14(19)20-15(4,5)6)17-9-12(16)8-11(3)18/h8-10,13,16,18H,7H2,1-6H3/p+1/b11-8-,16-12?,17-9?. The zero-order valence-electron chi connectivity index (χ0n) is 13.3. The number of nitrogens with one attached hydrogen (secondary N) is 1. The summed E-state index contributed by atoms with van der Waals surface area (Å²) in [6, 6.07) is -0.603. The predicted molar refractivity (Wildman–Crippen MR) is 82.7 cm³/mol. The Morgan fingerprint density at radius 3 is 2.35 bits per heavy atom. The predicted octanol–water partition coefficient (Wildman–Crippen LogP) is 2.46. The third-order valence-electron chi connectivity index (χ3n) is 2.14. The molecule has 0 aliphatic rings. The van der Waals surface area contributed by atoms with Gasteiger partial charge in [-0.2, -0.15) is 0 Å². The SMILES string of the molecule is C/C([OH2+])=C/C(=N)C=NC(CC(C)C)C(=O)OC(C)(C)C. The summed E-state index contributed by atoms with van der Waals surface area (Å²) in [5.74, 6) is 0.202. The lowest BCUT2D eigenvalue weighted by Gasteiger charge is -2.23. The molecule has 0 saturated heterocycles. The van der Waals surface area contributed by atoms with Crippen molar-refractivity contribution in [1.29, 1.82) is 5.41 Å². The maximum absolute atomic E-state index is 12.1. The molecule has 1 unspecified atom stereocenters. The largest absolute Gasteiger partial charge is 0.597 e. The molecule has 0 aromatic heterocycles. The summed E-state index contributed by atoms with van der Waals surface area (Å²) in [5.41, 5.74) is -0.442. The zero-order valence-corrected chi connectivity index (χ0v) is 13.3. The van der Waals surface area contributed by atoms with Crippen molar-refractivity contribution in [2.75, 3.05) is 0 Å². The summed E-state index contributed by atoms with van der Waals surface area (Å²) >= 11 is 0. The molecule has 0 radical (unpaired) electrons. The molecule has 0 aliphatic carbocycles. The Hall–Kier alpha value is -1.65. The van der Waals surface area contributed by atoms with Crippen LogP contribution in [0.5, 0.6) is 0 Å². The van der Waals surface area contributed by atoms with Crippen LogP contribution in [0.1, 0.15) is 48.0 Å². The Balaban J connectivity index is 4.89. The van der Waals surface area contributed by atoms with Gasteiger partial charge in [-0.05, 0) is 33.1 Å². The molecule has 0 aliphatic heterocycles. The second-order valence-electron chi connectivity index (χ2n) is 6.24. The number of esters is 1. The highest BCUT2D eigenvalue weighted by atomic mass is 16.6. The molecule has 0 fully saturated rings. The van der Waals surface area contributed by atoms with E-state index in [2.05, 4.69) is 4.99 Å². The Labute approximate surface area is 121 Å². The van der Waals surface area contributed by atoms with Crippen molar-refractivity contribution in [2.24, 2.45) is 10.9 Å². The van der Waals surface area contributed by atoms with Gasteiger partial charge in [0.25, 0.3) is 0 Å². The minimum absolute atomic E-state index is 0.106. The van der Waals surface area contributed by atoms with Gasteiger partial charge in [0.2, 0.25) is 5.76 Å². The second kappa shape index (κ2) is 7.82. The first kappa shape index (κ1) is 18.4. The molecule has 0 bridgehead atoms. The van der Waals surface area contributed by atoms with Crippen molar-refractivity contribution >= 4 is 17.9 Å². The highest BCUT2D eigenvalue weighted by Gasteiger charge is 2.25. The van der Waals surface area contributed by atoms with E-state index >= 15 is 0 Å². The van der Waals surface area contributed by atoms with E-state index in [0.29, 0.717) is 12.3 Å². The lowest BCUT2D eigenvalue weighted by Crippen LogP contribution is -2.32. The molecule has 20 heavy (non-hydrogen) atoms. The molecular weight excluding hydrogens is 256 g/mol. The number of allylic oxidation sites excluding steroid dienone is 2. The summed E-state index contributed by atoms with van der Waals surface area (Å²) in [5, 5.41) is 14.9. The quantitative estimate of drug-likeness (QED) is 0.351. The van der Waals surface area contributed by atoms with E-state index in [-0.39, 0.29) is 17.4 Å². The first-order valence-corrected chi connectivity index (χ1v) is 6.75. The van der Waals surface area contributed by atoms with Crippen molar-refractivity contribution < 1.29 is 14.6 Å². The van der Waals surface area contributed by atoms with Crippen LogP contribution in [0.25, 0.3) is 0 Å². The summed E-state index contributed by atoms with van der Waals surface area (Å²) < 4.78 is 5.34. The number of hydrogen-bond acceptors (Lipinski definition) is 4. The Morgan fingerprint density at radius 2 is 1.95 bits per heavy atom. The van der Waals surface area contributed by atoms with Crippen molar-refractivity contribution in [3.63, 3.8) is 0 Å². The topological polar surface area (TPSA) is 85.4 Å². The number of ether oxygens (including phenoxy) is 1. The van der Waals surface area contributed by atoms with Crippen LogP contribution in [0.15, 0.2) is 16.8 Å². The summed E-state index contributed by atoms with van der Waals surface area (Å²) in [6.07, 6.45) is 3.27. The fraction of sp³-hybridized carbons (Fsp3) is 0.667. The summed E-state index contributed by atoms with van der Waals surface area (Å²) in [7, 11) is 0. The number of hydrogen-bond donors (Lipinski definition) is 1. The molecule has 0 aromatic carbocycles. The van der Waals surface area contributed by atoms with Gasteiger partial charge in [0.15, 0.2) is 0 Å². The monoisotopic (exact) mass is 283 g/mol. The van der Waals surface area contributed by atoms with Crippen molar-refractivity contribution in [3.8, 4) is 0 Å². The van der Waals surface area contributed by atoms with Crippen LogP contribution < -0.4 is 0 Å². The van der Waals surface area contributed by atoms with Gasteiger partial charge in [-0.3, -0.25) is 10.4 Å². The van der Waals surface area contributed by atoms with Gasteiger partial charge in [0, 0.05) is 13.1 Å².